The largest absolute Gasteiger partial charge is 0.481 e. The Bertz CT molecular complexity index is 380. The van der Waals surface area contributed by atoms with Gasteiger partial charge in [-0.1, -0.05) is 6.07 Å². The second-order valence-electron chi connectivity index (χ2n) is 3.04. The normalized spacial score (nSPS) is 10.5. The molecule has 0 saturated carbocycles. The lowest BCUT2D eigenvalue weighted by atomic mass is 10.1. The van der Waals surface area contributed by atoms with E-state index in [0.717, 1.165) is 12.1 Å². The van der Waals surface area contributed by atoms with Crippen molar-refractivity contribution in [3.05, 3.63) is 29.6 Å². The monoisotopic (exact) mass is 234 g/mol. The summed E-state index contributed by atoms with van der Waals surface area (Å²) in [6.07, 6.45) is -0.00426. The lowest BCUT2D eigenvalue weighted by Gasteiger charge is -2.06. The van der Waals surface area contributed by atoms with Gasteiger partial charge in [0.1, 0.15) is 0 Å². The minimum absolute atomic E-state index is 0.140. The minimum atomic E-state index is -3.08. The van der Waals surface area contributed by atoms with E-state index in [4.69, 9.17) is 5.11 Å². The molecular formula is C10H9F3O3. The summed E-state index contributed by atoms with van der Waals surface area (Å²) in [6.45, 7) is -3.08. The van der Waals surface area contributed by atoms with Crippen LogP contribution in [-0.4, -0.2) is 17.7 Å². The average Bonchev–Trinajstić information content (AvgIpc) is 2.18. The summed E-state index contributed by atoms with van der Waals surface area (Å²) < 4.78 is 40.6. The summed E-state index contributed by atoms with van der Waals surface area (Å²) in [5.41, 5.74) is 0.418. The highest BCUT2D eigenvalue weighted by atomic mass is 19.3. The van der Waals surface area contributed by atoms with Gasteiger partial charge in [0.05, 0.1) is 0 Å². The van der Waals surface area contributed by atoms with Crippen LogP contribution in [0, 0.1) is 5.82 Å². The van der Waals surface area contributed by atoms with Crippen LogP contribution in [0.15, 0.2) is 18.2 Å². The highest BCUT2D eigenvalue weighted by molar-refractivity contribution is 5.67. The summed E-state index contributed by atoms with van der Waals surface area (Å²) >= 11 is 0. The third-order valence-corrected chi connectivity index (χ3v) is 1.84. The lowest BCUT2D eigenvalue weighted by molar-refractivity contribution is -0.136. The van der Waals surface area contributed by atoms with Crippen molar-refractivity contribution in [1.82, 2.24) is 0 Å². The molecule has 0 aliphatic carbocycles. The fourth-order valence-electron chi connectivity index (χ4n) is 1.14. The Labute approximate surface area is 89.5 Å². The van der Waals surface area contributed by atoms with Crippen molar-refractivity contribution in [1.29, 1.82) is 0 Å². The molecule has 1 rings (SSSR count). The predicted octanol–water partition coefficient (Wildman–Crippen LogP) is 2.44. The van der Waals surface area contributed by atoms with Gasteiger partial charge in [-0.3, -0.25) is 4.79 Å². The van der Waals surface area contributed by atoms with E-state index in [1.54, 1.807) is 0 Å². The molecule has 88 valence electrons. The van der Waals surface area contributed by atoms with E-state index in [1.807, 2.05) is 0 Å². The molecule has 0 saturated heterocycles. The maximum atomic E-state index is 13.1. The quantitative estimate of drug-likeness (QED) is 0.851. The third-order valence-electron chi connectivity index (χ3n) is 1.84. The number of ether oxygens (including phenoxy) is 1. The number of alkyl halides is 2. The first-order valence-electron chi connectivity index (χ1n) is 4.44. The molecule has 0 unspecified atom stereocenters. The number of halogens is 3. The van der Waals surface area contributed by atoms with E-state index in [1.165, 1.54) is 6.07 Å². The molecule has 0 aliphatic heterocycles. The smallest absolute Gasteiger partial charge is 0.387 e. The third kappa shape index (κ3) is 3.80. The van der Waals surface area contributed by atoms with Gasteiger partial charge in [-0.15, -0.1) is 0 Å². The van der Waals surface area contributed by atoms with Gasteiger partial charge in [0.25, 0.3) is 0 Å². The molecule has 1 aromatic carbocycles. The summed E-state index contributed by atoms with van der Waals surface area (Å²) in [7, 11) is 0. The van der Waals surface area contributed by atoms with Crippen LogP contribution in [-0.2, 0) is 11.2 Å². The van der Waals surface area contributed by atoms with E-state index in [9.17, 15) is 18.0 Å². The van der Waals surface area contributed by atoms with Crippen LogP contribution in [0.3, 0.4) is 0 Å². The predicted molar refractivity (Wildman–Crippen MR) is 49.0 cm³/mol. The van der Waals surface area contributed by atoms with Gasteiger partial charge >= 0.3 is 12.6 Å². The molecule has 1 N–H and O–H groups in total. The zero-order valence-electron chi connectivity index (χ0n) is 8.12. The van der Waals surface area contributed by atoms with Crippen molar-refractivity contribution < 1.29 is 27.8 Å². The number of benzene rings is 1. The van der Waals surface area contributed by atoms with Gasteiger partial charge < -0.3 is 9.84 Å². The molecule has 3 nitrogen and oxygen atoms in total. The van der Waals surface area contributed by atoms with Crippen molar-refractivity contribution in [2.24, 2.45) is 0 Å². The molecular weight excluding hydrogens is 225 g/mol. The minimum Gasteiger partial charge on any atom is -0.481 e. The molecule has 0 atom stereocenters. The van der Waals surface area contributed by atoms with Gasteiger partial charge in [-0.2, -0.15) is 8.78 Å². The molecule has 16 heavy (non-hydrogen) atoms. The Balaban J connectivity index is 2.70. The SMILES string of the molecule is O=C(O)CCc1ccc(OC(F)F)c(F)c1. The van der Waals surface area contributed by atoms with E-state index < -0.39 is 24.1 Å². The molecule has 0 bridgehead atoms. The number of hydrogen-bond donors (Lipinski definition) is 1. The zero-order chi connectivity index (χ0) is 12.1. The van der Waals surface area contributed by atoms with Crippen molar-refractivity contribution in [2.75, 3.05) is 0 Å². The molecule has 0 aromatic heterocycles. The molecule has 0 fully saturated rings. The highest BCUT2D eigenvalue weighted by Crippen LogP contribution is 2.20. The standard InChI is InChI=1S/C10H9F3O3/c11-7-5-6(2-4-9(14)15)1-3-8(7)16-10(12)13/h1,3,5,10H,2,4H2,(H,14,15). The van der Waals surface area contributed by atoms with Gasteiger partial charge in [-0.25, -0.2) is 4.39 Å². The van der Waals surface area contributed by atoms with E-state index in [0.29, 0.717) is 5.56 Å². The van der Waals surface area contributed by atoms with Crippen molar-refractivity contribution in [3.8, 4) is 5.75 Å². The van der Waals surface area contributed by atoms with Crippen LogP contribution >= 0.6 is 0 Å². The summed E-state index contributed by atoms with van der Waals surface area (Å²) in [6, 6.07) is 3.39. The number of hydrogen-bond acceptors (Lipinski definition) is 2. The summed E-state index contributed by atoms with van der Waals surface area (Å²) in [4.78, 5) is 10.3. The second kappa shape index (κ2) is 5.39. The summed E-state index contributed by atoms with van der Waals surface area (Å²) in [5.74, 6) is -2.48. The molecule has 1 aromatic rings. The fourth-order valence-corrected chi connectivity index (χ4v) is 1.14. The fraction of sp³-hybridized carbons (Fsp3) is 0.300. The molecule has 0 heterocycles. The van der Waals surface area contributed by atoms with Crippen molar-refractivity contribution in [3.63, 3.8) is 0 Å². The molecule has 6 heteroatoms. The number of carbonyl (C=O) groups is 1. The van der Waals surface area contributed by atoms with E-state index >= 15 is 0 Å². The molecule has 0 spiro atoms. The van der Waals surface area contributed by atoms with Crippen LogP contribution in [0.4, 0.5) is 13.2 Å². The van der Waals surface area contributed by atoms with Crippen LogP contribution in [0.5, 0.6) is 5.75 Å². The van der Waals surface area contributed by atoms with E-state index in [2.05, 4.69) is 4.74 Å². The van der Waals surface area contributed by atoms with E-state index in [-0.39, 0.29) is 12.8 Å². The van der Waals surface area contributed by atoms with Gasteiger partial charge in [0.2, 0.25) is 0 Å². The maximum absolute atomic E-state index is 13.1. The highest BCUT2D eigenvalue weighted by Gasteiger charge is 2.10. The Hall–Kier alpha value is -1.72. The van der Waals surface area contributed by atoms with Crippen LogP contribution in [0.2, 0.25) is 0 Å². The van der Waals surface area contributed by atoms with Crippen LogP contribution in [0.25, 0.3) is 0 Å². The molecule has 0 amide bonds. The first kappa shape index (κ1) is 12.4. The number of carboxylic acids is 1. The second-order valence-corrected chi connectivity index (χ2v) is 3.04. The van der Waals surface area contributed by atoms with Crippen LogP contribution < -0.4 is 4.74 Å². The Morgan fingerprint density at radius 1 is 1.44 bits per heavy atom. The maximum Gasteiger partial charge on any atom is 0.387 e. The van der Waals surface area contributed by atoms with Crippen LogP contribution in [0.1, 0.15) is 12.0 Å². The number of aryl methyl sites for hydroxylation is 1. The number of aliphatic carboxylic acids is 1. The van der Waals surface area contributed by atoms with Gasteiger partial charge in [0.15, 0.2) is 11.6 Å². The lowest BCUT2D eigenvalue weighted by Crippen LogP contribution is -2.04. The van der Waals surface area contributed by atoms with Gasteiger partial charge in [0, 0.05) is 6.42 Å². The average molecular weight is 234 g/mol. The molecule has 0 aliphatic rings. The Kier molecular flexibility index (Phi) is 4.16. The van der Waals surface area contributed by atoms with Gasteiger partial charge in [-0.05, 0) is 24.1 Å². The van der Waals surface area contributed by atoms with Crippen molar-refractivity contribution in [2.45, 2.75) is 19.5 Å². The Morgan fingerprint density at radius 3 is 2.62 bits per heavy atom. The number of rotatable bonds is 5. The molecule has 0 radical (unpaired) electrons. The Morgan fingerprint density at radius 2 is 2.12 bits per heavy atom. The first-order chi connectivity index (χ1) is 7.49. The van der Waals surface area contributed by atoms with Crippen molar-refractivity contribution >= 4 is 5.97 Å². The summed E-state index contributed by atoms with van der Waals surface area (Å²) in [5, 5.41) is 8.40. The first-order valence-corrected chi connectivity index (χ1v) is 4.44. The zero-order valence-corrected chi connectivity index (χ0v) is 8.12. The number of carboxylic acid groups (broad SMARTS) is 1. The topological polar surface area (TPSA) is 46.5 Å².